The van der Waals surface area contributed by atoms with Gasteiger partial charge in [0.25, 0.3) is 5.91 Å². The number of ether oxygens (including phenoxy) is 5. The van der Waals surface area contributed by atoms with Gasteiger partial charge in [0.15, 0.2) is 24.4 Å². The van der Waals surface area contributed by atoms with Crippen LogP contribution < -0.4 is 23.8 Å². The molecular weight excluding hydrogens is 487 g/mol. The molecular formula is C24H30F3NO6S. The zero-order valence-electron chi connectivity index (χ0n) is 20.1. The average Bonchev–Trinajstić information content (AvgIpc) is 3.13. The number of carbonyl (C=O) groups excluding carboxylic acids is 1. The Morgan fingerprint density at radius 3 is 2.34 bits per heavy atom. The Morgan fingerprint density at radius 2 is 1.71 bits per heavy atom. The molecule has 11 heteroatoms. The van der Waals surface area contributed by atoms with Crippen LogP contribution in [0.3, 0.4) is 0 Å². The van der Waals surface area contributed by atoms with E-state index in [1.807, 2.05) is 0 Å². The van der Waals surface area contributed by atoms with Crippen LogP contribution in [0.2, 0.25) is 0 Å². The van der Waals surface area contributed by atoms with Crippen molar-refractivity contribution in [2.75, 3.05) is 56.5 Å². The van der Waals surface area contributed by atoms with E-state index in [2.05, 4.69) is 23.5 Å². The SMILES string of the molecule is COc1cc(N2CCC(Oc3ccc(OC(F)(F)F)cc3)C2=O)ccc1OCOCCS(C)(C)C. The standard InChI is InChI=1S/C24H30F3NO6S/c1-30-22-15-17(5-10-20(22)32-16-31-13-14-35(2,3)4)28-12-11-21(23(28)29)33-18-6-8-19(9-7-18)34-24(25,26)27/h5-10,15,21H,11-14,16H2,1-4H3. The van der Waals surface area contributed by atoms with Gasteiger partial charge < -0.3 is 28.6 Å². The monoisotopic (exact) mass is 517 g/mol. The molecule has 1 atom stereocenters. The maximum Gasteiger partial charge on any atom is 0.573 e. The maximum absolute atomic E-state index is 12.9. The molecule has 0 saturated carbocycles. The normalized spacial score (nSPS) is 16.8. The van der Waals surface area contributed by atoms with Gasteiger partial charge in [-0.1, -0.05) is 0 Å². The Balaban J connectivity index is 1.57. The fraction of sp³-hybridized carbons (Fsp3) is 0.458. The van der Waals surface area contributed by atoms with Crippen LogP contribution in [0.1, 0.15) is 6.42 Å². The van der Waals surface area contributed by atoms with Crippen molar-refractivity contribution in [1.29, 1.82) is 0 Å². The molecule has 1 amide bonds. The number of rotatable bonds is 11. The van der Waals surface area contributed by atoms with E-state index in [1.165, 1.54) is 19.2 Å². The third kappa shape index (κ3) is 8.14. The van der Waals surface area contributed by atoms with E-state index in [9.17, 15) is 18.0 Å². The smallest absolute Gasteiger partial charge is 0.493 e. The van der Waals surface area contributed by atoms with Crippen molar-refractivity contribution in [3.8, 4) is 23.0 Å². The van der Waals surface area contributed by atoms with Crippen molar-refractivity contribution in [1.82, 2.24) is 0 Å². The van der Waals surface area contributed by atoms with Crippen molar-refractivity contribution >= 4 is 21.6 Å². The molecule has 3 rings (SSSR count). The lowest BCUT2D eigenvalue weighted by Gasteiger charge is -2.24. The van der Waals surface area contributed by atoms with Gasteiger partial charge in [-0.3, -0.25) is 4.79 Å². The zero-order valence-corrected chi connectivity index (χ0v) is 20.9. The number of alkyl halides is 3. The van der Waals surface area contributed by atoms with Crippen LogP contribution >= 0.6 is 10.0 Å². The third-order valence-corrected chi connectivity index (χ3v) is 6.48. The minimum atomic E-state index is -4.77. The summed E-state index contributed by atoms with van der Waals surface area (Å²) in [5, 5.41) is 0. The predicted octanol–water partition coefficient (Wildman–Crippen LogP) is 4.83. The molecule has 1 saturated heterocycles. The van der Waals surface area contributed by atoms with Crippen molar-refractivity contribution < 1.29 is 41.7 Å². The number of nitrogens with zero attached hydrogens (tertiary/aromatic N) is 1. The van der Waals surface area contributed by atoms with Gasteiger partial charge >= 0.3 is 6.36 Å². The fourth-order valence-electron chi connectivity index (χ4n) is 3.32. The van der Waals surface area contributed by atoms with E-state index in [-0.39, 0.29) is 24.2 Å². The second-order valence-corrected chi connectivity index (χ2v) is 13.3. The molecule has 1 heterocycles. The van der Waals surface area contributed by atoms with Crippen LogP contribution in [0.5, 0.6) is 23.0 Å². The van der Waals surface area contributed by atoms with Crippen LogP contribution in [0.15, 0.2) is 42.5 Å². The molecule has 1 unspecified atom stereocenters. The lowest BCUT2D eigenvalue weighted by atomic mass is 10.2. The van der Waals surface area contributed by atoms with Crippen molar-refractivity contribution in [3.63, 3.8) is 0 Å². The van der Waals surface area contributed by atoms with Crippen LogP contribution in [-0.2, 0) is 9.53 Å². The molecule has 0 N–H and O–H groups in total. The van der Waals surface area contributed by atoms with Gasteiger partial charge in [-0.25, -0.2) is 10.0 Å². The molecule has 1 aliphatic rings. The maximum atomic E-state index is 12.9. The van der Waals surface area contributed by atoms with E-state index in [1.54, 1.807) is 23.1 Å². The summed E-state index contributed by atoms with van der Waals surface area (Å²) >= 11 is 0. The first-order chi connectivity index (χ1) is 16.4. The summed E-state index contributed by atoms with van der Waals surface area (Å²) in [5.41, 5.74) is 0.622. The third-order valence-electron chi connectivity index (χ3n) is 5.09. The summed E-state index contributed by atoms with van der Waals surface area (Å²) in [5.74, 6) is 1.60. The van der Waals surface area contributed by atoms with Crippen LogP contribution in [0, 0.1) is 0 Å². The molecule has 0 bridgehead atoms. The molecule has 2 aromatic rings. The summed E-state index contributed by atoms with van der Waals surface area (Å²) in [4.78, 5) is 14.5. The highest BCUT2D eigenvalue weighted by molar-refractivity contribution is 8.32. The van der Waals surface area contributed by atoms with E-state index < -0.39 is 22.5 Å². The molecule has 7 nitrogen and oxygen atoms in total. The van der Waals surface area contributed by atoms with Gasteiger partial charge in [-0.15, -0.1) is 13.2 Å². The quantitative estimate of drug-likeness (QED) is 0.314. The van der Waals surface area contributed by atoms with E-state index in [0.717, 1.165) is 17.9 Å². The van der Waals surface area contributed by atoms with Crippen molar-refractivity contribution in [2.24, 2.45) is 0 Å². The predicted molar refractivity (Wildman–Crippen MR) is 129 cm³/mol. The van der Waals surface area contributed by atoms with Gasteiger partial charge in [-0.2, -0.15) is 0 Å². The Hall–Kier alpha value is -2.79. The van der Waals surface area contributed by atoms with Gasteiger partial charge in [0.1, 0.15) is 11.5 Å². The largest absolute Gasteiger partial charge is 0.573 e. The lowest BCUT2D eigenvalue weighted by molar-refractivity contribution is -0.274. The Morgan fingerprint density at radius 1 is 1.03 bits per heavy atom. The van der Waals surface area contributed by atoms with Crippen LogP contribution in [0.4, 0.5) is 18.9 Å². The molecule has 1 fully saturated rings. The highest BCUT2D eigenvalue weighted by atomic mass is 32.3. The Bertz CT molecular complexity index is 994. The molecule has 1 aliphatic heterocycles. The summed E-state index contributed by atoms with van der Waals surface area (Å²) in [6.45, 7) is 1.12. The summed E-state index contributed by atoms with van der Waals surface area (Å²) in [6, 6.07) is 10.1. The topological polar surface area (TPSA) is 66.5 Å². The molecule has 194 valence electrons. The van der Waals surface area contributed by atoms with E-state index in [0.29, 0.717) is 36.8 Å². The fourth-order valence-corrected chi connectivity index (χ4v) is 3.94. The number of amides is 1. The van der Waals surface area contributed by atoms with E-state index >= 15 is 0 Å². The number of hydrogen-bond acceptors (Lipinski definition) is 6. The second kappa shape index (κ2) is 11.3. The molecule has 0 spiro atoms. The van der Waals surface area contributed by atoms with E-state index in [4.69, 9.17) is 18.9 Å². The molecule has 0 aliphatic carbocycles. The summed E-state index contributed by atoms with van der Waals surface area (Å²) in [6.07, 6.45) is 1.55. The van der Waals surface area contributed by atoms with Gasteiger partial charge in [0.05, 0.1) is 13.7 Å². The number of methoxy groups -OCH3 is 1. The number of benzene rings is 2. The number of carbonyl (C=O) groups is 1. The highest BCUT2D eigenvalue weighted by Gasteiger charge is 2.35. The molecule has 0 aromatic heterocycles. The van der Waals surface area contributed by atoms with Gasteiger partial charge in [0.2, 0.25) is 0 Å². The van der Waals surface area contributed by atoms with Gasteiger partial charge in [0, 0.05) is 30.5 Å². The van der Waals surface area contributed by atoms with Crippen LogP contribution in [0.25, 0.3) is 0 Å². The second-order valence-electron chi connectivity index (χ2n) is 8.70. The average molecular weight is 518 g/mol. The minimum Gasteiger partial charge on any atom is -0.493 e. The van der Waals surface area contributed by atoms with Crippen molar-refractivity contribution in [3.05, 3.63) is 42.5 Å². The molecule has 35 heavy (non-hydrogen) atoms. The van der Waals surface area contributed by atoms with Crippen LogP contribution in [-0.4, -0.2) is 69.9 Å². The minimum absolute atomic E-state index is 0.0938. The Kier molecular flexibility index (Phi) is 8.65. The summed E-state index contributed by atoms with van der Waals surface area (Å²) < 4.78 is 63.1. The van der Waals surface area contributed by atoms with Gasteiger partial charge in [-0.05, 0) is 55.2 Å². The highest BCUT2D eigenvalue weighted by Crippen LogP contribution is 2.35. The number of hydrogen-bond donors (Lipinski definition) is 0. The molecule has 0 radical (unpaired) electrons. The van der Waals surface area contributed by atoms with Crippen molar-refractivity contribution in [2.45, 2.75) is 18.9 Å². The lowest BCUT2D eigenvalue weighted by Crippen LogP contribution is -2.32. The number of halogens is 3. The Labute approximate surface area is 204 Å². The molecule has 2 aromatic carbocycles. The first-order valence-electron chi connectivity index (χ1n) is 10.8. The first-order valence-corrected chi connectivity index (χ1v) is 13.9. The zero-order chi connectivity index (χ0) is 25.6. The number of anilines is 1. The summed E-state index contributed by atoms with van der Waals surface area (Å²) in [7, 11) is 0.879. The first kappa shape index (κ1) is 26.8.